The summed E-state index contributed by atoms with van der Waals surface area (Å²) in [4.78, 5) is 25.2. The average Bonchev–Trinajstić information content (AvgIpc) is 3.36. The van der Waals surface area contributed by atoms with E-state index in [9.17, 15) is 9.59 Å². The highest BCUT2D eigenvalue weighted by atomic mass is 32.2. The van der Waals surface area contributed by atoms with E-state index in [1.54, 1.807) is 22.1 Å². The number of carbonyl (C=O) groups is 1. The van der Waals surface area contributed by atoms with Crippen molar-refractivity contribution >= 4 is 50.7 Å². The third-order valence-electron chi connectivity index (χ3n) is 4.30. The highest BCUT2D eigenvalue weighted by Crippen LogP contribution is 2.24. The highest BCUT2D eigenvalue weighted by Gasteiger charge is 2.17. The van der Waals surface area contributed by atoms with E-state index in [2.05, 4.69) is 15.5 Å². The summed E-state index contributed by atoms with van der Waals surface area (Å²) in [6.45, 7) is 2.53. The Morgan fingerprint density at radius 1 is 1.31 bits per heavy atom. The second-order valence-corrected chi connectivity index (χ2v) is 8.06. The Hall–Kier alpha value is -3.16. The summed E-state index contributed by atoms with van der Waals surface area (Å²) in [7, 11) is 0. The van der Waals surface area contributed by atoms with Crippen molar-refractivity contribution in [1.82, 2.24) is 19.2 Å². The van der Waals surface area contributed by atoms with E-state index in [4.69, 9.17) is 5.26 Å². The van der Waals surface area contributed by atoms with Crippen LogP contribution in [0.3, 0.4) is 0 Å². The van der Waals surface area contributed by atoms with Crippen LogP contribution in [0.2, 0.25) is 0 Å². The molecule has 4 rings (SSSR count). The van der Waals surface area contributed by atoms with Crippen LogP contribution >= 0.6 is 23.1 Å². The van der Waals surface area contributed by atoms with Gasteiger partial charge in [0.05, 0.1) is 22.2 Å². The van der Waals surface area contributed by atoms with Gasteiger partial charge in [0.15, 0.2) is 5.16 Å². The van der Waals surface area contributed by atoms with Crippen molar-refractivity contribution in [3.8, 4) is 6.07 Å². The molecule has 0 bridgehead atoms. The number of anilines is 1. The van der Waals surface area contributed by atoms with Gasteiger partial charge in [-0.25, -0.2) is 0 Å². The molecule has 0 radical (unpaired) electrons. The van der Waals surface area contributed by atoms with Gasteiger partial charge in [0.25, 0.3) is 5.56 Å². The molecule has 29 heavy (non-hydrogen) atoms. The quantitative estimate of drug-likeness (QED) is 0.477. The Labute approximate surface area is 173 Å². The van der Waals surface area contributed by atoms with E-state index >= 15 is 0 Å². The zero-order valence-electron chi connectivity index (χ0n) is 15.5. The minimum absolute atomic E-state index is 0.0987. The largest absolute Gasteiger partial charge is 0.316 e. The van der Waals surface area contributed by atoms with Gasteiger partial charge in [0.2, 0.25) is 11.7 Å². The molecule has 0 aliphatic carbocycles. The van der Waals surface area contributed by atoms with Crippen molar-refractivity contribution in [2.45, 2.75) is 25.0 Å². The Morgan fingerprint density at radius 2 is 2.14 bits per heavy atom. The van der Waals surface area contributed by atoms with Crippen LogP contribution in [-0.4, -0.2) is 30.8 Å². The molecule has 8 nitrogen and oxygen atoms in total. The van der Waals surface area contributed by atoms with Crippen LogP contribution in [-0.2, 0) is 11.3 Å². The summed E-state index contributed by atoms with van der Waals surface area (Å²) in [5.74, 6) is 0.325. The van der Waals surface area contributed by atoms with Gasteiger partial charge in [-0.15, -0.1) is 21.5 Å². The van der Waals surface area contributed by atoms with Crippen molar-refractivity contribution in [2.24, 2.45) is 0 Å². The number of hydrogen-bond donors (Lipinski definition) is 1. The van der Waals surface area contributed by atoms with Gasteiger partial charge in [-0.3, -0.25) is 18.6 Å². The number of nitrogens with one attached hydrogen (secondary N) is 1. The summed E-state index contributed by atoms with van der Waals surface area (Å²) in [6.07, 6.45) is 0.785. The molecule has 0 saturated carbocycles. The summed E-state index contributed by atoms with van der Waals surface area (Å²) < 4.78 is 3.43. The maximum atomic E-state index is 12.8. The summed E-state index contributed by atoms with van der Waals surface area (Å²) >= 11 is 2.54. The molecule has 0 aliphatic rings. The third-order valence-corrected chi connectivity index (χ3v) is 6.06. The number of amides is 1. The van der Waals surface area contributed by atoms with Gasteiger partial charge in [0.1, 0.15) is 11.1 Å². The van der Waals surface area contributed by atoms with Crippen molar-refractivity contribution in [2.75, 3.05) is 11.1 Å². The van der Waals surface area contributed by atoms with Gasteiger partial charge in [-0.2, -0.15) is 5.26 Å². The molecule has 0 spiro atoms. The molecule has 146 valence electrons. The standard InChI is InChI=1S/C19H16N6O2S2/c1-2-8-24-17(27)13-5-3-4-6-14(13)25-18(24)22-23-19(25)29-11-15(26)21-16-12(10-20)7-9-28-16/h3-7,9H,2,8,11H2,1H3,(H,21,26). The maximum Gasteiger partial charge on any atom is 0.262 e. The summed E-state index contributed by atoms with van der Waals surface area (Å²) in [5.41, 5.74) is 1.05. The normalized spacial score (nSPS) is 11.0. The smallest absolute Gasteiger partial charge is 0.262 e. The first-order valence-corrected chi connectivity index (χ1v) is 10.8. The van der Waals surface area contributed by atoms with Crippen LogP contribution < -0.4 is 10.9 Å². The molecule has 1 amide bonds. The maximum absolute atomic E-state index is 12.8. The SMILES string of the molecule is CCCn1c(=O)c2ccccc2n2c(SCC(=O)Nc3sccc3C#N)nnc12. The number of aromatic nitrogens is 4. The molecule has 3 heterocycles. The van der Waals surface area contributed by atoms with Gasteiger partial charge >= 0.3 is 0 Å². The topological polar surface area (TPSA) is 105 Å². The molecule has 1 N–H and O–H groups in total. The first kappa shape index (κ1) is 19.2. The highest BCUT2D eigenvalue weighted by molar-refractivity contribution is 7.99. The van der Waals surface area contributed by atoms with Crippen LogP contribution in [0, 0.1) is 11.3 Å². The molecule has 0 aliphatic heterocycles. The monoisotopic (exact) mass is 424 g/mol. The number of rotatable bonds is 6. The first-order valence-electron chi connectivity index (χ1n) is 8.91. The predicted molar refractivity (Wildman–Crippen MR) is 113 cm³/mol. The number of thiophene rings is 1. The second-order valence-electron chi connectivity index (χ2n) is 6.20. The number of para-hydroxylation sites is 1. The van der Waals surface area contributed by atoms with Crippen LogP contribution in [0.1, 0.15) is 18.9 Å². The summed E-state index contributed by atoms with van der Waals surface area (Å²) in [6, 6.07) is 11.0. The van der Waals surface area contributed by atoms with Crippen LogP contribution in [0.15, 0.2) is 45.7 Å². The van der Waals surface area contributed by atoms with E-state index in [-0.39, 0.29) is 17.2 Å². The molecule has 3 aromatic heterocycles. The van der Waals surface area contributed by atoms with Crippen molar-refractivity contribution in [1.29, 1.82) is 5.26 Å². The minimum Gasteiger partial charge on any atom is -0.316 e. The van der Waals surface area contributed by atoms with E-state index in [0.29, 0.717) is 38.9 Å². The number of hydrogen-bond acceptors (Lipinski definition) is 7. The lowest BCUT2D eigenvalue weighted by molar-refractivity contribution is -0.113. The van der Waals surface area contributed by atoms with Crippen LogP contribution in [0.25, 0.3) is 16.7 Å². The lowest BCUT2D eigenvalue weighted by Crippen LogP contribution is -2.23. The van der Waals surface area contributed by atoms with E-state index in [0.717, 1.165) is 6.42 Å². The number of benzene rings is 1. The lowest BCUT2D eigenvalue weighted by atomic mass is 10.2. The van der Waals surface area contributed by atoms with Crippen molar-refractivity contribution < 1.29 is 4.79 Å². The fourth-order valence-electron chi connectivity index (χ4n) is 3.04. The minimum atomic E-state index is -0.239. The molecule has 4 aromatic rings. The molecular weight excluding hydrogens is 408 g/mol. The number of nitrogens with zero attached hydrogens (tertiary/aromatic N) is 5. The lowest BCUT2D eigenvalue weighted by Gasteiger charge is -2.10. The van der Waals surface area contributed by atoms with Crippen LogP contribution in [0.4, 0.5) is 5.00 Å². The van der Waals surface area contributed by atoms with Gasteiger partial charge in [0, 0.05) is 6.54 Å². The Bertz CT molecular complexity index is 1310. The molecular formula is C19H16N6O2S2. The molecule has 0 atom stereocenters. The zero-order valence-corrected chi connectivity index (χ0v) is 17.1. The predicted octanol–water partition coefficient (Wildman–Crippen LogP) is 3.12. The zero-order chi connectivity index (χ0) is 20.4. The van der Waals surface area contributed by atoms with Crippen molar-refractivity contribution in [3.63, 3.8) is 0 Å². The van der Waals surface area contributed by atoms with Crippen LogP contribution in [0.5, 0.6) is 0 Å². The fourth-order valence-corrected chi connectivity index (χ4v) is 4.53. The van der Waals surface area contributed by atoms with Gasteiger partial charge in [-0.05, 0) is 30.0 Å². The summed E-state index contributed by atoms with van der Waals surface area (Å²) in [5, 5.41) is 23.6. The molecule has 10 heteroatoms. The second kappa shape index (κ2) is 8.06. The molecule has 0 unspecified atom stereocenters. The first-order chi connectivity index (χ1) is 14.1. The van der Waals surface area contributed by atoms with Crippen molar-refractivity contribution in [3.05, 3.63) is 51.6 Å². The van der Waals surface area contributed by atoms with Gasteiger partial charge < -0.3 is 5.32 Å². The average molecular weight is 425 g/mol. The third kappa shape index (κ3) is 3.50. The number of carbonyl (C=O) groups excluding carboxylic acids is 1. The van der Waals surface area contributed by atoms with E-state index in [1.165, 1.54) is 23.1 Å². The number of thioether (sulfide) groups is 1. The molecule has 0 saturated heterocycles. The van der Waals surface area contributed by atoms with Gasteiger partial charge in [-0.1, -0.05) is 30.8 Å². The number of nitriles is 1. The Balaban J connectivity index is 1.67. The number of aryl methyl sites for hydroxylation is 1. The molecule has 1 aromatic carbocycles. The number of fused-ring (bicyclic) bond motifs is 3. The Morgan fingerprint density at radius 3 is 2.93 bits per heavy atom. The van der Waals surface area contributed by atoms with E-state index < -0.39 is 0 Å². The molecule has 0 fully saturated rings. The Kier molecular flexibility index (Phi) is 5.33. The fraction of sp³-hybridized carbons (Fsp3) is 0.211. The van der Waals surface area contributed by atoms with E-state index in [1.807, 2.05) is 35.6 Å².